The predicted octanol–water partition coefficient (Wildman–Crippen LogP) is 9.96. The van der Waals surface area contributed by atoms with Gasteiger partial charge in [0.25, 0.3) is 0 Å². The Hall–Kier alpha value is -5.24. The van der Waals surface area contributed by atoms with Gasteiger partial charge in [0.2, 0.25) is 0 Å². The summed E-state index contributed by atoms with van der Waals surface area (Å²) in [6, 6.07) is 22.3. The summed E-state index contributed by atoms with van der Waals surface area (Å²) in [5.41, 5.74) is 1.25. The summed E-state index contributed by atoms with van der Waals surface area (Å²) >= 11 is 2.16. The van der Waals surface area contributed by atoms with E-state index < -0.39 is 40.6 Å². The lowest BCUT2D eigenvalue weighted by molar-refractivity contribution is -0.158. The van der Waals surface area contributed by atoms with E-state index in [1.165, 1.54) is 7.11 Å². The number of benzene rings is 5. The van der Waals surface area contributed by atoms with Crippen molar-refractivity contribution in [3.63, 3.8) is 0 Å². The van der Waals surface area contributed by atoms with Gasteiger partial charge in [0, 0.05) is 11.5 Å². The molecule has 0 fully saturated rings. The van der Waals surface area contributed by atoms with Crippen molar-refractivity contribution in [2.45, 2.75) is 92.0 Å². The molecule has 0 spiro atoms. The van der Waals surface area contributed by atoms with Gasteiger partial charge in [-0.3, -0.25) is 0 Å². The molecule has 12 heteroatoms. The molecule has 1 atom stereocenters. The first kappa shape index (κ1) is 44.9. The number of carbonyl (C=O) groups is 3. The molecule has 0 aliphatic heterocycles. The molecule has 5 aromatic carbocycles. The van der Waals surface area contributed by atoms with Gasteiger partial charge < -0.3 is 38.3 Å². The Bertz CT molecular complexity index is 2240. The van der Waals surface area contributed by atoms with Crippen molar-refractivity contribution in [1.82, 2.24) is 0 Å². The molecule has 11 nitrogen and oxygen atoms in total. The molecule has 0 aliphatic rings. The lowest BCUT2D eigenvalue weighted by Gasteiger charge is -2.27. The standard InChI is InChI=1S/C47H53IO11/c1-27-12-13-28-20-31(54-24-38(50)57-45(2,3)4)15-17-33(28)41(27)42(30-22-35(48)44(37(23-30)53-11)56-26-40(52)59-47(8,9)10)43-34-18-16-32(21-29(34)14-19-36(43)49)55-25-39(51)58-46(5,6)7/h12-23,42,49H,24-26H2,1-11H3. The van der Waals surface area contributed by atoms with E-state index >= 15 is 0 Å². The zero-order chi connectivity index (χ0) is 43.4. The van der Waals surface area contributed by atoms with Crippen LogP contribution >= 0.6 is 22.6 Å². The Morgan fingerprint density at radius 2 is 1.07 bits per heavy atom. The minimum atomic E-state index is -0.679. The number of carbonyl (C=O) groups excluding carboxylic acids is 3. The van der Waals surface area contributed by atoms with E-state index in [2.05, 4.69) is 22.6 Å². The number of fused-ring (bicyclic) bond motifs is 2. The average Bonchev–Trinajstić information content (AvgIpc) is 3.12. The highest BCUT2D eigenvalue weighted by Gasteiger charge is 2.29. The fourth-order valence-corrected chi connectivity index (χ4v) is 7.46. The maximum absolute atomic E-state index is 12.6. The number of rotatable bonds is 13. The van der Waals surface area contributed by atoms with E-state index in [0.717, 1.165) is 38.2 Å². The Balaban J connectivity index is 1.66. The third-order valence-electron chi connectivity index (χ3n) is 8.73. The van der Waals surface area contributed by atoms with Crippen molar-refractivity contribution in [1.29, 1.82) is 0 Å². The van der Waals surface area contributed by atoms with E-state index in [-0.39, 0.29) is 25.6 Å². The molecule has 0 saturated carbocycles. The fourth-order valence-electron chi connectivity index (χ4n) is 6.68. The molecule has 0 radical (unpaired) electrons. The molecular weight excluding hydrogens is 867 g/mol. The minimum absolute atomic E-state index is 0.0536. The summed E-state index contributed by atoms with van der Waals surface area (Å²) in [6.45, 7) is 17.3. The first-order chi connectivity index (χ1) is 27.5. The topological polar surface area (TPSA) is 136 Å². The van der Waals surface area contributed by atoms with Gasteiger partial charge in [-0.05, 0) is 173 Å². The summed E-state index contributed by atoms with van der Waals surface area (Å²) in [4.78, 5) is 37.6. The summed E-state index contributed by atoms with van der Waals surface area (Å²) < 4.78 is 40.6. The molecule has 1 unspecified atom stereocenters. The lowest BCUT2D eigenvalue weighted by Crippen LogP contribution is -2.27. The van der Waals surface area contributed by atoms with Crippen LogP contribution in [0.5, 0.6) is 28.7 Å². The molecule has 5 rings (SSSR count). The Morgan fingerprint density at radius 1 is 0.610 bits per heavy atom. The van der Waals surface area contributed by atoms with Crippen LogP contribution < -0.4 is 18.9 Å². The molecule has 0 aliphatic carbocycles. The zero-order valence-corrected chi connectivity index (χ0v) is 37.7. The van der Waals surface area contributed by atoms with Crippen LogP contribution in [0.2, 0.25) is 0 Å². The van der Waals surface area contributed by atoms with E-state index in [4.69, 9.17) is 33.2 Å². The monoisotopic (exact) mass is 920 g/mol. The highest BCUT2D eigenvalue weighted by molar-refractivity contribution is 14.1. The van der Waals surface area contributed by atoms with Crippen LogP contribution in [-0.4, -0.2) is 66.7 Å². The maximum atomic E-state index is 12.6. The second-order valence-corrected chi connectivity index (χ2v) is 18.3. The highest BCUT2D eigenvalue weighted by Crippen LogP contribution is 2.48. The number of aromatic hydroxyl groups is 1. The van der Waals surface area contributed by atoms with Crippen molar-refractivity contribution in [2.24, 2.45) is 0 Å². The molecule has 0 amide bonds. The molecule has 0 bridgehead atoms. The van der Waals surface area contributed by atoms with Gasteiger partial charge in [0.15, 0.2) is 31.3 Å². The van der Waals surface area contributed by atoms with Crippen LogP contribution in [0, 0.1) is 10.5 Å². The van der Waals surface area contributed by atoms with Crippen molar-refractivity contribution < 1.29 is 52.6 Å². The van der Waals surface area contributed by atoms with E-state index in [1.54, 1.807) is 80.5 Å². The number of hydrogen-bond acceptors (Lipinski definition) is 11. The number of phenolic OH excluding ortho intramolecular Hbond substituents is 1. The smallest absolute Gasteiger partial charge is 0.344 e. The normalized spacial score (nSPS) is 12.5. The van der Waals surface area contributed by atoms with E-state index in [1.807, 2.05) is 61.5 Å². The first-order valence-corrected chi connectivity index (χ1v) is 20.3. The van der Waals surface area contributed by atoms with Crippen molar-refractivity contribution in [3.8, 4) is 28.7 Å². The Labute approximate surface area is 359 Å². The van der Waals surface area contributed by atoms with Gasteiger partial charge >= 0.3 is 17.9 Å². The molecular formula is C47H53IO11. The largest absolute Gasteiger partial charge is 0.508 e. The summed E-state index contributed by atoms with van der Waals surface area (Å²) in [7, 11) is 1.53. The summed E-state index contributed by atoms with van der Waals surface area (Å²) in [6.07, 6.45) is 0. The van der Waals surface area contributed by atoms with Gasteiger partial charge in [0.05, 0.1) is 10.7 Å². The van der Waals surface area contributed by atoms with Gasteiger partial charge in [0.1, 0.15) is 34.1 Å². The van der Waals surface area contributed by atoms with Crippen molar-refractivity contribution in [2.75, 3.05) is 26.9 Å². The number of halogens is 1. The third kappa shape index (κ3) is 11.9. The van der Waals surface area contributed by atoms with Gasteiger partial charge in [-0.2, -0.15) is 0 Å². The van der Waals surface area contributed by atoms with Gasteiger partial charge in [-0.1, -0.05) is 30.3 Å². The Morgan fingerprint density at radius 3 is 1.54 bits per heavy atom. The van der Waals surface area contributed by atoms with Crippen LogP contribution in [-0.2, 0) is 28.6 Å². The van der Waals surface area contributed by atoms with Crippen molar-refractivity contribution in [3.05, 3.63) is 98.6 Å². The van der Waals surface area contributed by atoms with Crippen LogP contribution in [0.3, 0.4) is 0 Å². The predicted molar refractivity (Wildman–Crippen MR) is 235 cm³/mol. The zero-order valence-electron chi connectivity index (χ0n) is 35.5. The Kier molecular flexibility index (Phi) is 13.6. The summed E-state index contributed by atoms with van der Waals surface area (Å²) in [5, 5.41) is 15.1. The lowest BCUT2D eigenvalue weighted by atomic mass is 9.78. The average molecular weight is 921 g/mol. The maximum Gasteiger partial charge on any atom is 0.344 e. The number of ether oxygens (including phenoxy) is 7. The SMILES string of the molecule is COc1cc(C(c2c(C)ccc3cc(OCC(=O)OC(C)(C)C)ccc23)c2c(O)ccc3cc(OCC(=O)OC(C)(C)C)ccc23)cc(I)c1OCC(=O)OC(C)(C)C. The number of esters is 3. The third-order valence-corrected chi connectivity index (χ3v) is 9.53. The number of methoxy groups -OCH3 is 1. The first-order valence-electron chi connectivity index (χ1n) is 19.2. The minimum Gasteiger partial charge on any atom is -0.508 e. The van der Waals surface area contributed by atoms with Crippen LogP contribution in [0.4, 0.5) is 0 Å². The second-order valence-electron chi connectivity index (χ2n) is 17.2. The molecule has 0 saturated heterocycles. The quantitative estimate of drug-likeness (QED) is 0.0523. The van der Waals surface area contributed by atoms with E-state index in [9.17, 15) is 19.5 Å². The molecule has 0 aromatic heterocycles. The highest BCUT2D eigenvalue weighted by atomic mass is 127. The van der Waals surface area contributed by atoms with Gasteiger partial charge in [-0.15, -0.1) is 0 Å². The molecule has 5 aromatic rings. The molecule has 1 N–H and O–H groups in total. The number of hydrogen-bond donors (Lipinski definition) is 1. The van der Waals surface area contributed by atoms with Gasteiger partial charge in [-0.25, -0.2) is 14.4 Å². The number of phenols is 1. The van der Waals surface area contributed by atoms with Crippen LogP contribution in [0.1, 0.15) is 90.5 Å². The second kappa shape index (κ2) is 17.9. The fraction of sp³-hybridized carbons (Fsp3) is 0.383. The molecule has 0 heterocycles. The van der Waals surface area contributed by atoms with Crippen LogP contribution in [0.25, 0.3) is 21.5 Å². The number of aryl methyl sites for hydroxylation is 1. The van der Waals surface area contributed by atoms with E-state index in [0.29, 0.717) is 32.1 Å². The van der Waals surface area contributed by atoms with Crippen LogP contribution in [0.15, 0.2) is 72.8 Å². The molecule has 314 valence electrons. The summed E-state index contributed by atoms with van der Waals surface area (Å²) in [5.74, 6) is -0.322. The van der Waals surface area contributed by atoms with Crippen molar-refractivity contribution >= 4 is 62.0 Å². The molecule has 59 heavy (non-hydrogen) atoms.